The molecule has 0 bridgehead atoms. The third kappa shape index (κ3) is 2.06. The average Bonchev–Trinajstić information content (AvgIpc) is 2.32. The van der Waals surface area contributed by atoms with Crippen molar-refractivity contribution in [2.45, 2.75) is 31.6 Å². The van der Waals surface area contributed by atoms with Crippen LogP contribution in [0.25, 0.3) is 0 Å². The van der Waals surface area contributed by atoms with E-state index in [0.717, 1.165) is 34.9 Å². The van der Waals surface area contributed by atoms with Crippen LogP contribution in [0.2, 0.25) is 5.02 Å². The molecule has 0 atom stereocenters. The second-order valence-electron chi connectivity index (χ2n) is 4.72. The van der Waals surface area contributed by atoms with Gasteiger partial charge in [-0.05, 0) is 31.9 Å². The second-order valence-corrected chi connectivity index (χ2v) is 5.13. The summed E-state index contributed by atoms with van der Waals surface area (Å²) in [6.45, 7) is 3.14. The van der Waals surface area contributed by atoms with E-state index < -0.39 is 0 Å². The number of methoxy groups -OCH3 is 1. The summed E-state index contributed by atoms with van der Waals surface area (Å²) in [7, 11) is 1.64. The lowest BCUT2D eigenvalue weighted by Crippen LogP contribution is -2.42. The van der Waals surface area contributed by atoms with Crippen molar-refractivity contribution in [2.75, 3.05) is 20.3 Å². The summed E-state index contributed by atoms with van der Waals surface area (Å²) >= 11 is 6.38. The summed E-state index contributed by atoms with van der Waals surface area (Å²) in [6.07, 6.45) is 3.32. The molecule has 2 N–H and O–H groups in total. The molecule has 1 saturated carbocycles. The van der Waals surface area contributed by atoms with Gasteiger partial charge in [0, 0.05) is 22.5 Å². The number of nitrogens with two attached hydrogens (primary N) is 1. The van der Waals surface area contributed by atoms with E-state index in [1.807, 2.05) is 19.1 Å². The largest absolute Gasteiger partial charge is 0.493 e. The molecule has 0 aromatic heterocycles. The lowest BCUT2D eigenvalue weighted by atomic mass is 9.64. The summed E-state index contributed by atoms with van der Waals surface area (Å²) < 4.78 is 11.1. The van der Waals surface area contributed by atoms with Crippen LogP contribution in [0.15, 0.2) is 12.1 Å². The molecule has 4 heteroatoms. The van der Waals surface area contributed by atoms with Crippen LogP contribution in [0, 0.1) is 0 Å². The van der Waals surface area contributed by atoms with E-state index in [9.17, 15) is 0 Å². The highest BCUT2D eigenvalue weighted by Gasteiger charge is 2.42. The van der Waals surface area contributed by atoms with Gasteiger partial charge in [-0.3, -0.25) is 0 Å². The predicted molar refractivity (Wildman–Crippen MR) is 73.8 cm³/mol. The number of rotatable bonds is 5. The van der Waals surface area contributed by atoms with Crippen molar-refractivity contribution in [1.82, 2.24) is 0 Å². The molecule has 1 aliphatic carbocycles. The van der Waals surface area contributed by atoms with E-state index >= 15 is 0 Å². The molecule has 18 heavy (non-hydrogen) atoms. The van der Waals surface area contributed by atoms with Gasteiger partial charge < -0.3 is 15.2 Å². The topological polar surface area (TPSA) is 44.5 Å². The fourth-order valence-electron chi connectivity index (χ4n) is 2.64. The number of halogens is 1. The maximum absolute atomic E-state index is 6.38. The predicted octanol–water partition coefficient (Wildman–Crippen LogP) is 3.13. The fraction of sp³-hybridized carbons (Fsp3) is 0.571. The van der Waals surface area contributed by atoms with Crippen LogP contribution in [0.4, 0.5) is 0 Å². The lowest BCUT2D eigenvalue weighted by Gasteiger charge is -2.42. The molecule has 0 amide bonds. The van der Waals surface area contributed by atoms with E-state index in [1.165, 1.54) is 6.42 Å². The quantitative estimate of drug-likeness (QED) is 0.893. The number of hydrogen-bond acceptors (Lipinski definition) is 3. The Kier molecular flexibility index (Phi) is 4.03. The molecular weight excluding hydrogens is 250 g/mol. The third-order valence-corrected chi connectivity index (χ3v) is 4.13. The van der Waals surface area contributed by atoms with Crippen molar-refractivity contribution < 1.29 is 9.47 Å². The minimum absolute atomic E-state index is 0.0316. The molecule has 100 valence electrons. The summed E-state index contributed by atoms with van der Waals surface area (Å²) in [5.74, 6) is 1.49. The molecular formula is C14H20ClNO2. The molecule has 3 nitrogen and oxygen atoms in total. The molecule has 1 aromatic carbocycles. The molecule has 1 aromatic rings. The highest BCUT2D eigenvalue weighted by molar-refractivity contribution is 6.31. The molecule has 0 saturated heterocycles. The second kappa shape index (κ2) is 5.37. The summed E-state index contributed by atoms with van der Waals surface area (Å²) in [5, 5.41) is 0.726. The van der Waals surface area contributed by atoms with Crippen molar-refractivity contribution >= 4 is 11.6 Å². The Labute approximate surface area is 113 Å². The van der Waals surface area contributed by atoms with Crippen LogP contribution in [0.5, 0.6) is 11.5 Å². The fourth-order valence-corrected chi connectivity index (χ4v) is 2.99. The summed E-state index contributed by atoms with van der Waals surface area (Å²) in [4.78, 5) is 0. The Morgan fingerprint density at radius 3 is 2.56 bits per heavy atom. The Morgan fingerprint density at radius 1 is 1.39 bits per heavy atom. The van der Waals surface area contributed by atoms with Gasteiger partial charge in [-0.15, -0.1) is 0 Å². The zero-order chi connectivity index (χ0) is 13.2. The highest BCUT2D eigenvalue weighted by Crippen LogP contribution is 2.51. The monoisotopic (exact) mass is 269 g/mol. The minimum atomic E-state index is -0.0316. The lowest BCUT2D eigenvalue weighted by molar-refractivity contribution is 0.233. The van der Waals surface area contributed by atoms with Gasteiger partial charge in [0.15, 0.2) is 11.5 Å². The van der Waals surface area contributed by atoms with E-state index in [0.29, 0.717) is 13.2 Å². The van der Waals surface area contributed by atoms with E-state index in [2.05, 4.69) is 0 Å². The van der Waals surface area contributed by atoms with Crippen molar-refractivity contribution in [3.63, 3.8) is 0 Å². The Balaban J connectivity index is 2.55. The van der Waals surface area contributed by atoms with E-state index in [4.69, 9.17) is 26.8 Å². The van der Waals surface area contributed by atoms with Crippen LogP contribution >= 0.6 is 11.6 Å². The number of ether oxygens (including phenoxy) is 2. The standard InChI is InChI=1S/C14H20ClNO2/c1-3-18-13-11(17-2)6-5-10(15)12(13)14(9-16)7-4-8-14/h5-6H,3-4,7-9,16H2,1-2H3. The van der Waals surface area contributed by atoms with Gasteiger partial charge in [-0.25, -0.2) is 0 Å². The number of hydrogen-bond donors (Lipinski definition) is 1. The van der Waals surface area contributed by atoms with Gasteiger partial charge in [-0.2, -0.15) is 0 Å². The normalized spacial score (nSPS) is 17.1. The van der Waals surface area contributed by atoms with Crippen LogP contribution in [0.3, 0.4) is 0 Å². The first-order valence-corrected chi connectivity index (χ1v) is 6.76. The SMILES string of the molecule is CCOc1c(OC)ccc(Cl)c1C1(CN)CCC1. The molecule has 0 radical (unpaired) electrons. The van der Waals surface area contributed by atoms with Crippen LogP contribution < -0.4 is 15.2 Å². The van der Waals surface area contributed by atoms with Gasteiger partial charge in [0.05, 0.1) is 13.7 Å². The highest BCUT2D eigenvalue weighted by atomic mass is 35.5. The molecule has 2 rings (SSSR count). The maximum atomic E-state index is 6.38. The van der Waals surface area contributed by atoms with Gasteiger partial charge in [0.1, 0.15) is 0 Å². The minimum Gasteiger partial charge on any atom is -0.493 e. The average molecular weight is 270 g/mol. The van der Waals surface area contributed by atoms with Crippen molar-refractivity contribution in [3.05, 3.63) is 22.7 Å². The third-order valence-electron chi connectivity index (χ3n) is 3.81. The Morgan fingerprint density at radius 2 is 2.11 bits per heavy atom. The van der Waals surface area contributed by atoms with Crippen LogP contribution in [-0.4, -0.2) is 20.3 Å². The smallest absolute Gasteiger partial charge is 0.166 e. The van der Waals surface area contributed by atoms with Gasteiger partial charge >= 0.3 is 0 Å². The van der Waals surface area contributed by atoms with E-state index in [-0.39, 0.29) is 5.41 Å². The van der Waals surface area contributed by atoms with Crippen molar-refractivity contribution in [3.8, 4) is 11.5 Å². The first-order valence-electron chi connectivity index (χ1n) is 6.38. The molecule has 1 aliphatic rings. The zero-order valence-electron chi connectivity index (χ0n) is 11.0. The Hall–Kier alpha value is -0.930. The molecule has 0 unspecified atom stereocenters. The maximum Gasteiger partial charge on any atom is 0.166 e. The molecule has 0 aliphatic heterocycles. The van der Waals surface area contributed by atoms with Gasteiger partial charge in [0.2, 0.25) is 0 Å². The van der Waals surface area contributed by atoms with E-state index in [1.54, 1.807) is 7.11 Å². The Bertz CT molecular complexity index is 425. The summed E-state index contributed by atoms with van der Waals surface area (Å²) in [6, 6.07) is 3.72. The summed E-state index contributed by atoms with van der Waals surface area (Å²) in [5.41, 5.74) is 6.97. The van der Waals surface area contributed by atoms with Crippen molar-refractivity contribution in [2.24, 2.45) is 5.73 Å². The molecule has 1 fully saturated rings. The van der Waals surface area contributed by atoms with Crippen molar-refractivity contribution in [1.29, 1.82) is 0 Å². The molecule has 0 spiro atoms. The van der Waals surface area contributed by atoms with Crippen LogP contribution in [-0.2, 0) is 5.41 Å². The van der Waals surface area contributed by atoms with Gasteiger partial charge in [0.25, 0.3) is 0 Å². The molecule has 0 heterocycles. The first-order chi connectivity index (χ1) is 8.68. The van der Waals surface area contributed by atoms with Crippen LogP contribution in [0.1, 0.15) is 31.7 Å². The zero-order valence-corrected chi connectivity index (χ0v) is 11.7. The first kappa shape index (κ1) is 13.5. The van der Waals surface area contributed by atoms with Gasteiger partial charge in [-0.1, -0.05) is 18.0 Å². The number of benzene rings is 1.